The number of rotatable bonds is 4. The molecule has 0 bridgehead atoms. The van der Waals surface area contributed by atoms with Crippen LogP contribution in [0.3, 0.4) is 0 Å². The van der Waals surface area contributed by atoms with Gasteiger partial charge in [-0.15, -0.1) is 5.10 Å². The number of para-hydroxylation sites is 1. The molecular formula is C17H22N6O. The minimum Gasteiger partial charge on any atom is -0.494 e. The molecule has 0 saturated carbocycles. The zero-order chi connectivity index (χ0) is 16.5. The monoisotopic (exact) mass is 326 g/mol. The van der Waals surface area contributed by atoms with Gasteiger partial charge in [0.2, 0.25) is 5.95 Å². The highest BCUT2D eigenvalue weighted by Gasteiger charge is 2.15. The van der Waals surface area contributed by atoms with Gasteiger partial charge in [0.1, 0.15) is 11.3 Å². The summed E-state index contributed by atoms with van der Waals surface area (Å²) in [6.07, 6.45) is 4.76. The lowest BCUT2D eigenvalue weighted by molar-refractivity contribution is 0.230. The minimum atomic E-state index is 0.332. The normalized spacial score (nSPS) is 16.0. The number of nitrogens with zero attached hydrogens (tertiary/aromatic N) is 5. The highest BCUT2D eigenvalue weighted by atomic mass is 16.5. The van der Waals surface area contributed by atoms with Crippen LogP contribution in [0.25, 0.3) is 16.6 Å². The van der Waals surface area contributed by atoms with Crippen LogP contribution in [0.15, 0.2) is 18.2 Å². The molecule has 0 aliphatic carbocycles. The number of hydrogen-bond acceptors (Lipinski definition) is 6. The van der Waals surface area contributed by atoms with Crippen LogP contribution in [-0.4, -0.2) is 51.2 Å². The Kier molecular flexibility index (Phi) is 3.93. The summed E-state index contributed by atoms with van der Waals surface area (Å²) < 4.78 is 7.02. The fourth-order valence-corrected chi connectivity index (χ4v) is 3.38. The van der Waals surface area contributed by atoms with Gasteiger partial charge in [-0.1, -0.05) is 12.5 Å². The lowest BCUT2D eigenvalue weighted by Gasteiger charge is -2.25. The number of nitrogen functional groups attached to an aromatic ring is 1. The maximum Gasteiger partial charge on any atom is 0.223 e. The van der Waals surface area contributed by atoms with Crippen molar-refractivity contribution >= 4 is 22.5 Å². The maximum absolute atomic E-state index is 6.08. The molecule has 4 rings (SSSR count). The van der Waals surface area contributed by atoms with Crippen LogP contribution in [0.2, 0.25) is 0 Å². The molecule has 0 unspecified atom stereocenters. The Bertz CT molecular complexity index is 868. The van der Waals surface area contributed by atoms with Crippen molar-refractivity contribution < 1.29 is 4.74 Å². The first kappa shape index (κ1) is 15.1. The van der Waals surface area contributed by atoms with Gasteiger partial charge in [0.25, 0.3) is 0 Å². The molecule has 0 spiro atoms. The van der Waals surface area contributed by atoms with Crippen LogP contribution in [0, 0.1) is 0 Å². The van der Waals surface area contributed by atoms with Gasteiger partial charge in [0.05, 0.1) is 7.11 Å². The predicted molar refractivity (Wildman–Crippen MR) is 93.2 cm³/mol. The topological polar surface area (TPSA) is 81.6 Å². The number of anilines is 1. The Morgan fingerprint density at radius 3 is 2.79 bits per heavy atom. The molecule has 1 fully saturated rings. The summed E-state index contributed by atoms with van der Waals surface area (Å²) in [5, 5.41) is 5.46. The summed E-state index contributed by atoms with van der Waals surface area (Å²) in [5.74, 6) is 1.84. The molecule has 24 heavy (non-hydrogen) atoms. The number of methoxy groups -OCH3 is 1. The average molecular weight is 326 g/mol. The standard InChI is InChI=1S/C17H22N6O/c1-24-13-7-5-6-12-15(13)20-17(18)23-16(12)19-14(21-23)8-11-22-9-3-2-4-10-22/h5-7H,2-4,8-11H2,1H3,(H2,18,20). The molecular weight excluding hydrogens is 304 g/mol. The van der Waals surface area contributed by atoms with E-state index in [9.17, 15) is 0 Å². The predicted octanol–water partition coefficient (Wildman–Crippen LogP) is 1.90. The molecule has 0 atom stereocenters. The Morgan fingerprint density at radius 1 is 1.17 bits per heavy atom. The van der Waals surface area contributed by atoms with Gasteiger partial charge in [-0.2, -0.15) is 4.52 Å². The summed E-state index contributed by atoms with van der Waals surface area (Å²) in [6, 6.07) is 5.78. The van der Waals surface area contributed by atoms with Gasteiger partial charge in [-0.25, -0.2) is 9.97 Å². The molecule has 2 aromatic heterocycles. The van der Waals surface area contributed by atoms with Gasteiger partial charge >= 0.3 is 0 Å². The summed E-state index contributed by atoms with van der Waals surface area (Å²) in [7, 11) is 1.63. The van der Waals surface area contributed by atoms with Crippen LogP contribution in [0.4, 0.5) is 5.95 Å². The first-order valence-electron chi connectivity index (χ1n) is 8.46. The Labute approximate surface area is 140 Å². The number of ether oxygens (including phenoxy) is 1. The van der Waals surface area contributed by atoms with E-state index in [1.807, 2.05) is 18.2 Å². The van der Waals surface area contributed by atoms with Crippen LogP contribution >= 0.6 is 0 Å². The molecule has 0 amide bonds. The van der Waals surface area contributed by atoms with E-state index in [2.05, 4.69) is 15.0 Å². The van der Waals surface area contributed by atoms with Crippen LogP contribution in [-0.2, 0) is 6.42 Å². The molecule has 3 heterocycles. The molecule has 7 heteroatoms. The second kappa shape index (κ2) is 6.24. The van der Waals surface area contributed by atoms with Crippen molar-refractivity contribution in [2.75, 3.05) is 32.5 Å². The summed E-state index contributed by atoms with van der Waals surface area (Å²) in [5.41, 5.74) is 7.54. The quantitative estimate of drug-likeness (QED) is 0.788. The highest BCUT2D eigenvalue weighted by Crippen LogP contribution is 2.27. The van der Waals surface area contributed by atoms with Crippen LogP contribution in [0.5, 0.6) is 5.75 Å². The Hall–Kier alpha value is -2.41. The molecule has 7 nitrogen and oxygen atoms in total. The molecule has 1 saturated heterocycles. The smallest absolute Gasteiger partial charge is 0.223 e. The van der Waals surface area contributed by atoms with Crippen molar-refractivity contribution in [3.8, 4) is 5.75 Å². The number of fused-ring (bicyclic) bond motifs is 3. The molecule has 2 N–H and O–H groups in total. The number of likely N-dealkylation sites (tertiary alicyclic amines) is 1. The maximum atomic E-state index is 6.08. The molecule has 3 aromatic rings. The van der Waals surface area contributed by atoms with E-state index in [4.69, 9.17) is 15.5 Å². The zero-order valence-electron chi connectivity index (χ0n) is 13.9. The van der Waals surface area contributed by atoms with Crippen molar-refractivity contribution in [1.82, 2.24) is 24.5 Å². The molecule has 126 valence electrons. The average Bonchev–Trinajstić information content (AvgIpc) is 3.06. The van der Waals surface area contributed by atoms with E-state index in [1.54, 1.807) is 11.6 Å². The first-order valence-corrected chi connectivity index (χ1v) is 8.46. The van der Waals surface area contributed by atoms with Crippen LogP contribution < -0.4 is 10.5 Å². The SMILES string of the molecule is COc1cccc2c1nc(N)n1nc(CCN3CCCCC3)nc21. The number of hydrogen-bond donors (Lipinski definition) is 1. The van der Waals surface area contributed by atoms with Gasteiger partial charge < -0.3 is 15.4 Å². The summed E-state index contributed by atoms with van der Waals surface area (Å²) in [4.78, 5) is 11.6. The van der Waals surface area contributed by atoms with Crippen molar-refractivity contribution in [1.29, 1.82) is 0 Å². The van der Waals surface area contributed by atoms with Gasteiger partial charge in [0, 0.05) is 18.4 Å². The van der Waals surface area contributed by atoms with Crippen molar-refractivity contribution in [3.63, 3.8) is 0 Å². The van der Waals surface area contributed by atoms with Gasteiger partial charge in [-0.3, -0.25) is 0 Å². The van der Waals surface area contributed by atoms with E-state index in [0.29, 0.717) is 11.7 Å². The fourth-order valence-electron chi connectivity index (χ4n) is 3.38. The lowest BCUT2D eigenvalue weighted by atomic mass is 10.1. The number of benzene rings is 1. The van der Waals surface area contributed by atoms with Crippen molar-refractivity contribution in [3.05, 3.63) is 24.0 Å². The molecule has 1 aliphatic heterocycles. The molecule has 1 aromatic carbocycles. The second-order valence-corrected chi connectivity index (χ2v) is 6.24. The largest absolute Gasteiger partial charge is 0.494 e. The second-order valence-electron chi connectivity index (χ2n) is 6.24. The number of piperidine rings is 1. The lowest BCUT2D eigenvalue weighted by Crippen LogP contribution is -2.31. The van der Waals surface area contributed by atoms with E-state index in [1.165, 1.54) is 32.4 Å². The molecule has 1 aliphatic rings. The van der Waals surface area contributed by atoms with E-state index >= 15 is 0 Å². The van der Waals surface area contributed by atoms with Crippen molar-refractivity contribution in [2.45, 2.75) is 25.7 Å². The van der Waals surface area contributed by atoms with Crippen molar-refractivity contribution in [2.24, 2.45) is 0 Å². The zero-order valence-corrected chi connectivity index (χ0v) is 13.9. The Balaban J connectivity index is 1.69. The third-order valence-corrected chi connectivity index (χ3v) is 4.65. The van der Waals surface area contributed by atoms with E-state index < -0.39 is 0 Å². The third-order valence-electron chi connectivity index (χ3n) is 4.65. The third kappa shape index (κ3) is 2.65. The van der Waals surface area contributed by atoms with Crippen LogP contribution in [0.1, 0.15) is 25.1 Å². The highest BCUT2D eigenvalue weighted by molar-refractivity contribution is 5.95. The van der Waals surface area contributed by atoms with E-state index in [0.717, 1.165) is 35.3 Å². The number of nitrogens with two attached hydrogens (primary N) is 1. The van der Waals surface area contributed by atoms with Gasteiger partial charge in [0.15, 0.2) is 11.5 Å². The first-order chi connectivity index (χ1) is 11.8. The number of aromatic nitrogens is 4. The summed E-state index contributed by atoms with van der Waals surface area (Å²) in [6.45, 7) is 3.35. The fraction of sp³-hybridized carbons (Fsp3) is 0.471. The Morgan fingerprint density at radius 2 is 2.00 bits per heavy atom. The van der Waals surface area contributed by atoms with Gasteiger partial charge in [-0.05, 0) is 38.1 Å². The summed E-state index contributed by atoms with van der Waals surface area (Å²) >= 11 is 0. The minimum absolute atomic E-state index is 0.332. The molecule has 0 radical (unpaired) electrons. The van der Waals surface area contributed by atoms with E-state index in [-0.39, 0.29) is 0 Å².